The fourth-order valence-electron chi connectivity index (χ4n) is 3.77. The first-order valence-corrected chi connectivity index (χ1v) is 8.15. The van der Waals surface area contributed by atoms with E-state index in [4.69, 9.17) is 0 Å². The van der Waals surface area contributed by atoms with E-state index in [-0.39, 0.29) is 17.9 Å². The van der Waals surface area contributed by atoms with Crippen molar-refractivity contribution in [3.05, 3.63) is 0 Å². The van der Waals surface area contributed by atoms with Crippen LogP contribution in [0.1, 0.15) is 46.0 Å². The average molecular weight is 296 g/mol. The molecule has 5 unspecified atom stereocenters. The zero-order valence-corrected chi connectivity index (χ0v) is 13.3. The molecule has 2 fully saturated rings. The first kappa shape index (κ1) is 16.3. The lowest BCUT2D eigenvalue weighted by atomic mass is 9.93. The Bertz CT molecular complexity index is 399. The van der Waals surface area contributed by atoms with Crippen molar-refractivity contribution in [1.29, 1.82) is 0 Å². The van der Waals surface area contributed by atoms with Crippen molar-refractivity contribution in [2.75, 3.05) is 13.6 Å². The van der Waals surface area contributed by atoms with E-state index in [0.717, 1.165) is 32.2 Å². The predicted octanol–water partition coefficient (Wildman–Crippen LogP) is 1.72. The number of nitrogens with zero attached hydrogens (tertiary/aromatic N) is 1. The molecule has 0 spiro atoms. The van der Waals surface area contributed by atoms with Gasteiger partial charge in [0.1, 0.15) is 0 Å². The molecule has 21 heavy (non-hydrogen) atoms. The van der Waals surface area contributed by atoms with Crippen LogP contribution in [0.15, 0.2) is 0 Å². The van der Waals surface area contributed by atoms with Gasteiger partial charge in [-0.15, -0.1) is 0 Å². The predicted molar refractivity (Wildman–Crippen MR) is 80.9 cm³/mol. The van der Waals surface area contributed by atoms with Gasteiger partial charge in [0.2, 0.25) is 5.91 Å². The number of aliphatic carboxylic acids is 1. The molecule has 0 aromatic carbocycles. The number of carboxylic acid groups (broad SMARTS) is 1. The van der Waals surface area contributed by atoms with Gasteiger partial charge in [0.15, 0.2) is 0 Å². The third-order valence-corrected chi connectivity index (χ3v) is 5.45. The highest BCUT2D eigenvalue weighted by Gasteiger charge is 2.42. The Balaban J connectivity index is 1.94. The van der Waals surface area contributed by atoms with Gasteiger partial charge in [0, 0.05) is 18.6 Å². The molecule has 2 aliphatic rings. The topological polar surface area (TPSA) is 69.6 Å². The lowest BCUT2D eigenvalue weighted by Crippen LogP contribution is -2.49. The van der Waals surface area contributed by atoms with Gasteiger partial charge in [-0.1, -0.05) is 13.3 Å². The highest BCUT2D eigenvalue weighted by Crippen LogP contribution is 2.38. The van der Waals surface area contributed by atoms with Crippen LogP contribution in [-0.2, 0) is 9.59 Å². The van der Waals surface area contributed by atoms with Crippen molar-refractivity contribution >= 4 is 11.9 Å². The lowest BCUT2D eigenvalue weighted by Gasteiger charge is -2.35. The molecule has 1 amide bonds. The zero-order chi connectivity index (χ0) is 15.6. The minimum absolute atomic E-state index is 0.0416. The summed E-state index contributed by atoms with van der Waals surface area (Å²) in [5.74, 6) is -1.33. The van der Waals surface area contributed by atoms with Crippen molar-refractivity contribution < 1.29 is 14.7 Å². The average Bonchev–Trinajstić information content (AvgIpc) is 2.87. The highest BCUT2D eigenvalue weighted by molar-refractivity contribution is 5.85. The van der Waals surface area contributed by atoms with Gasteiger partial charge >= 0.3 is 5.97 Å². The van der Waals surface area contributed by atoms with Gasteiger partial charge < -0.3 is 15.3 Å². The molecule has 2 N–H and O–H groups in total. The summed E-state index contributed by atoms with van der Waals surface area (Å²) >= 11 is 0. The Labute approximate surface area is 127 Å². The minimum Gasteiger partial charge on any atom is -0.481 e. The molecule has 2 rings (SSSR count). The quantitative estimate of drug-likeness (QED) is 0.829. The minimum atomic E-state index is -0.817. The molecule has 1 saturated carbocycles. The Morgan fingerprint density at radius 2 is 1.90 bits per heavy atom. The van der Waals surface area contributed by atoms with Crippen LogP contribution in [0.2, 0.25) is 0 Å². The standard InChI is InChI=1S/C16H28N2O3/c1-4-11-8-13(14(9-11)16(20)21)15(19)17-12-5-6-18(3)10(2)7-12/h10-14H,4-9H2,1-3H3,(H,17,19)(H,20,21). The third kappa shape index (κ3) is 3.76. The Kier molecular flexibility index (Phi) is 5.25. The van der Waals surface area contributed by atoms with Gasteiger partial charge in [-0.25, -0.2) is 0 Å². The molecule has 0 bridgehead atoms. The molecule has 5 heteroatoms. The number of hydrogen-bond acceptors (Lipinski definition) is 3. The van der Waals surface area contributed by atoms with Crippen molar-refractivity contribution in [3.63, 3.8) is 0 Å². The number of carbonyl (C=O) groups excluding carboxylic acids is 1. The third-order valence-electron chi connectivity index (χ3n) is 5.45. The smallest absolute Gasteiger partial charge is 0.307 e. The maximum atomic E-state index is 12.5. The van der Waals surface area contributed by atoms with E-state index in [1.165, 1.54) is 0 Å². The van der Waals surface area contributed by atoms with Gasteiger partial charge in [-0.2, -0.15) is 0 Å². The van der Waals surface area contributed by atoms with E-state index >= 15 is 0 Å². The summed E-state index contributed by atoms with van der Waals surface area (Å²) in [6.45, 7) is 5.22. The monoisotopic (exact) mass is 296 g/mol. The number of amides is 1. The van der Waals surface area contributed by atoms with Crippen LogP contribution >= 0.6 is 0 Å². The number of rotatable bonds is 4. The molecule has 5 nitrogen and oxygen atoms in total. The number of nitrogens with one attached hydrogen (secondary N) is 1. The van der Waals surface area contributed by atoms with Crippen molar-refractivity contribution in [1.82, 2.24) is 10.2 Å². The van der Waals surface area contributed by atoms with Crippen LogP contribution in [0, 0.1) is 17.8 Å². The summed E-state index contributed by atoms with van der Waals surface area (Å²) in [7, 11) is 2.10. The van der Waals surface area contributed by atoms with E-state index in [9.17, 15) is 14.7 Å². The Morgan fingerprint density at radius 3 is 2.48 bits per heavy atom. The number of carboxylic acids is 1. The zero-order valence-electron chi connectivity index (χ0n) is 13.3. The van der Waals surface area contributed by atoms with Gasteiger partial charge in [0.05, 0.1) is 11.8 Å². The van der Waals surface area contributed by atoms with Gasteiger partial charge in [0.25, 0.3) is 0 Å². The molecule has 0 radical (unpaired) electrons. The van der Waals surface area contributed by atoms with E-state index in [1.807, 2.05) is 0 Å². The second kappa shape index (κ2) is 6.77. The molecule has 1 aliphatic heterocycles. The second-order valence-electron chi connectivity index (χ2n) is 6.86. The van der Waals surface area contributed by atoms with Crippen molar-refractivity contribution in [3.8, 4) is 0 Å². The SMILES string of the molecule is CCC1CC(C(=O)O)C(C(=O)NC2CCN(C)C(C)C2)C1. The second-order valence-corrected chi connectivity index (χ2v) is 6.86. The first-order chi connectivity index (χ1) is 9.92. The van der Waals surface area contributed by atoms with Crippen molar-refractivity contribution in [2.45, 2.75) is 58.0 Å². The van der Waals surface area contributed by atoms with Crippen LogP contribution in [-0.4, -0.2) is 47.6 Å². The summed E-state index contributed by atoms with van der Waals surface area (Å²) in [5.41, 5.74) is 0. The van der Waals surface area contributed by atoms with Gasteiger partial charge in [-0.3, -0.25) is 9.59 Å². The van der Waals surface area contributed by atoms with E-state index in [0.29, 0.717) is 18.4 Å². The maximum absolute atomic E-state index is 12.5. The molecule has 120 valence electrons. The Morgan fingerprint density at radius 1 is 1.24 bits per heavy atom. The lowest BCUT2D eigenvalue weighted by molar-refractivity contribution is -0.146. The van der Waals surface area contributed by atoms with Crippen LogP contribution in [0.4, 0.5) is 0 Å². The fourth-order valence-corrected chi connectivity index (χ4v) is 3.77. The van der Waals surface area contributed by atoms with Crippen molar-refractivity contribution in [2.24, 2.45) is 17.8 Å². The summed E-state index contributed by atoms with van der Waals surface area (Å²) < 4.78 is 0. The summed E-state index contributed by atoms with van der Waals surface area (Å²) in [6.07, 6.45) is 4.23. The summed E-state index contributed by atoms with van der Waals surface area (Å²) in [6, 6.07) is 0.658. The van der Waals surface area contributed by atoms with Crippen LogP contribution in [0.5, 0.6) is 0 Å². The molecular weight excluding hydrogens is 268 g/mol. The summed E-state index contributed by atoms with van der Waals surface area (Å²) in [4.78, 5) is 26.2. The highest BCUT2D eigenvalue weighted by atomic mass is 16.4. The van der Waals surface area contributed by atoms with Crippen LogP contribution < -0.4 is 5.32 Å². The molecular formula is C16H28N2O3. The van der Waals surface area contributed by atoms with Gasteiger partial charge in [-0.05, 0) is 45.6 Å². The maximum Gasteiger partial charge on any atom is 0.307 e. The molecule has 1 saturated heterocycles. The number of piperidine rings is 1. The molecule has 5 atom stereocenters. The largest absolute Gasteiger partial charge is 0.481 e. The van der Waals surface area contributed by atoms with E-state index < -0.39 is 11.9 Å². The molecule has 1 heterocycles. The van der Waals surface area contributed by atoms with Crippen LogP contribution in [0.3, 0.4) is 0 Å². The fraction of sp³-hybridized carbons (Fsp3) is 0.875. The molecule has 1 aliphatic carbocycles. The summed E-state index contributed by atoms with van der Waals surface area (Å²) in [5, 5.41) is 12.5. The number of likely N-dealkylation sites (tertiary alicyclic amines) is 1. The molecule has 0 aromatic heterocycles. The number of carbonyl (C=O) groups is 2. The molecule has 0 aromatic rings. The number of hydrogen-bond donors (Lipinski definition) is 2. The van der Waals surface area contributed by atoms with E-state index in [2.05, 4.69) is 31.1 Å². The van der Waals surface area contributed by atoms with Crippen LogP contribution in [0.25, 0.3) is 0 Å². The van der Waals surface area contributed by atoms with E-state index in [1.54, 1.807) is 0 Å². The first-order valence-electron chi connectivity index (χ1n) is 8.15. The normalized spacial score (nSPS) is 37.4. The Hall–Kier alpha value is -1.10.